The lowest BCUT2D eigenvalue weighted by molar-refractivity contribution is 0.580. The second kappa shape index (κ2) is 13.7. The predicted molar refractivity (Wildman–Crippen MR) is 114 cm³/mol. The van der Waals surface area contributed by atoms with Crippen molar-refractivity contribution in [2.75, 3.05) is 11.9 Å². The van der Waals surface area contributed by atoms with Gasteiger partial charge < -0.3 is 5.32 Å². The number of nitrogens with one attached hydrogen (secondary N) is 1. The molecule has 0 amide bonds. The normalized spacial score (nSPS) is 10.3. The van der Waals surface area contributed by atoms with Crippen LogP contribution in [0.25, 0.3) is 11.3 Å². The molecule has 1 aromatic heterocycles. The maximum Gasteiger partial charge on any atom is 0.243 e. The molecule has 0 saturated carbocycles. The predicted octanol–water partition coefficient (Wildman–Crippen LogP) is 6.22. The highest BCUT2D eigenvalue weighted by Gasteiger charge is 2.02. The molecule has 144 valence electrons. The first kappa shape index (κ1) is 20.8. The molecule has 0 atom stereocenters. The van der Waals surface area contributed by atoms with E-state index in [2.05, 4.69) is 27.4 Å². The van der Waals surface area contributed by atoms with Crippen molar-refractivity contribution in [2.24, 2.45) is 0 Å². The van der Waals surface area contributed by atoms with E-state index in [9.17, 15) is 0 Å². The van der Waals surface area contributed by atoms with Crippen LogP contribution < -0.4 is 5.32 Å². The summed E-state index contributed by atoms with van der Waals surface area (Å²) in [5, 5.41) is 11.5. The third-order valence-corrected chi connectivity index (χ3v) is 4.39. The maximum absolute atomic E-state index is 4.61. The van der Waals surface area contributed by atoms with Gasteiger partial charge in [-0.25, -0.2) is 4.98 Å². The molecule has 1 heterocycles. The van der Waals surface area contributed by atoms with Crippen molar-refractivity contribution in [2.45, 2.75) is 58.3 Å². The molecular formula is C23H32N4. The minimum absolute atomic E-state index is 0.598. The Morgan fingerprint density at radius 1 is 0.741 bits per heavy atom. The van der Waals surface area contributed by atoms with Gasteiger partial charge in [0.05, 0.1) is 11.9 Å². The van der Waals surface area contributed by atoms with E-state index in [1.54, 1.807) is 6.20 Å². The Kier molecular flexibility index (Phi) is 10.5. The number of aromatic nitrogens is 3. The van der Waals surface area contributed by atoms with Gasteiger partial charge in [0.15, 0.2) is 0 Å². The lowest BCUT2D eigenvalue weighted by Crippen LogP contribution is -2.06. The molecule has 4 nitrogen and oxygen atoms in total. The molecule has 0 radical (unpaired) electrons. The van der Waals surface area contributed by atoms with Crippen LogP contribution in [0.5, 0.6) is 0 Å². The maximum atomic E-state index is 4.61. The largest absolute Gasteiger partial charge is 0.353 e. The van der Waals surface area contributed by atoms with E-state index in [0.717, 1.165) is 24.2 Å². The van der Waals surface area contributed by atoms with Gasteiger partial charge in [0.25, 0.3) is 0 Å². The van der Waals surface area contributed by atoms with Gasteiger partial charge in [-0.05, 0) is 6.42 Å². The molecule has 27 heavy (non-hydrogen) atoms. The van der Waals surface area contributed by atoms with Crippen molar-refractivity contribution < 1.29 is 0 Å². The fraction of sp³-hybridized carbons (Fsp3) is 0.435. The molecule has 1 aromatic carbocycles. The second-order valence-corrected chi connectivity index (χ2v) is 6.70. The molecular weight excluding hydrogens is 332 g/mol. The van der Waals surface area contributed by atoms with Crippen LogP contribution in [0.15, 0.2) is 60.8 Å². The van der Waals surface area contributed by atoms with E-state index in [1.165, 1.54) is 44.9 Å². The van der Waals surface area contributed by atoms with E-state index in [0.29, 0.717) is 5.95 Å². The van der Waals surface area contributed by atoms with E-state index >= 15 is 0 Å². The molecule has 0 aliphatic rings. The summed E-state index contributed by atoms with van der Waals surface area (Å²) in [6.07, 6.45) is 12.2. The van der Waals surface area contributed by atoms with Crippen molar-refractivity contribution in [1.82, 2.24) is 15.2 Å². The van der Waals surface area contributed by atoms with Crippen molar-refractivity contribution in [3.8, 4) is 11.3 Å². The average molecular weight is 365 g/mol. The summed E-state index contributed by atoms with van der Waals surface area (Å²) < 4.78 is 0. The zero-order valence-electron chi connectivity index (χ0n) is 16.5. The Bertz CT molecular complexity index is 676. The molecule has 0 aliphatic heterocycles. The Hall–Kier alpha value is -2.49. The molecule has 2 rings (SSSR count). The first-order valence-corrected chi connectivity index (χ1v) is 10.2. The Morgan fingerprint density at radius 3 is 2.00 bits per heavy atom. The molecule has 0 fully saturated rings. The molecule has 0 aliphatic carbocycles. The molecule has 0 saturated heterocycles. The first-order chi connectivity index (χ1) is 13.4. The molecule has 1 N–H and O–H groups in total. The summed E-state index contributed by atoms with van der Waals surface area (Å²) in [6, 6.07) is 18.1. The lowest BCUT2D eigenvalue weighted by atomic mass is 10.1. The summed E-state index contributed by atoms with van der Waals surface area (Å²) in [5.41, 5.74) is 1.83. The monoisotopic (exact) mass is 364 g/mol. The SMILES string of the molecule is CCCCCCCCCCNc1nncc(-c2ccccccccc2)n1. The summed E-state index contributed by atoms with van der Waals surface area (Å²) in [6.45, 7) is 3.15. The van der Waals surface area contributed by atoms with Crippen LogP contribution in [-0.4, -0.2) is 21.7 Å². The highest BCUT2D eigenvalue weighted by molar-refractivity contribution is 5.57. The van der Waals surface area contributed by atoms with E-state index in [4.69, 9.17) is 0 Å². The summed E-state index contributed by atoms with van der Waals surface area (Å²) in [5.74, 6) is 0.598. The number of rotatable bonds is 11. The standard InChI is InChI=1S/C23H32N4/c1-2-3-4-5-6-10-13-16-19-24-23-26-22(20-25-27-23)21-17-14-11-8-7-9-12-15-18-21/h7-9,11-12,14-15,17-18,20H,2-6,10,13,16,19H2,1H3,(H,24,26,27). The highest BCUT2D eigenvalue weighted by atomic mass is 15.2. The van der Waals surface area contributed by atoms with Gasteiger partial charge in [0, 0.05) is 12.1 Å². The fourth-order valence-corrected chi connectivity index (χ4v) is 2.84. The average Bonchev–Trinajstić information content (AvgIpc) is 2.71. The van der Waals surface area contributed by atoms with Crippen molar-refractivity contribution in [3.63, 3.8) is 0 Å². The van der Waals surface area contributed by atoms with Crippen LogP contribution in [0.1, 0.15) is 58.3 Å². The van der Waals surface area contributed by atoms with Crippen LogP contribution in [0.3, 0.4) is 0 Å². The smallest absolute Gasteiger partial charge is 0.243 e. The van der Waals surface area contributed by atoms with E-state index < -0.39 is 0 Å². The van der Waals surface area contributed by atoms with Crippen molar-refractivity contribution in [1.29, 1.82) is 0 Å². The van der Waals surface area contributed by atoms with Gasteiger partial charge in [-0.3, -0.25) is 0 Å². The quantitative estimate of drug-likeness (QED) is 0.481. The Labute approximate surface area is 163 Å². The molecule has 4 heteroatoms. The van der Waals surface area contributed by atoms with Crippen LogP contribution >= 0.6 is 0 Å². The highest BCUT2D eigenvalue weighted by Crippen LogP contribution is 2.15. The molecule has 0 unspecified atom stereocenters. The number of hydrogen-bond donors (Lipinski definition) is 1. The lowest BCUT2D eigenvalue weighted by Gasteiger charge is -2.06. The van der Waals surface area contributed by atoms with Crippen LogP contribution in [0.2, 0.25) is 0 Å². The summed E-state index contributed by atoms with van der Waals surface area (Å²) in [7, 11) is 0. The van der Waals surface area contributed by atoms with E-state index in [1.807, 2.05) is 54.6 Å². The summed E-state index contributed by atoms with van der Waals surface area (Å²) >= 11 is 0. The van der Waals surface area contributed by atoms with Gasteiger partial charge in [0.2, 0.25) is 5.95 Å². The minimum Gasteiger partial charge on any atom is -0.353 e. The third-order valence-electron chi connectivity index (χ3n) is 4.39. The van der Waals surface area contributed by atoms with Crippen LogP contribution in [-0.2, 0) is 0 Å². The Balaban J connectivity index is 1.82. The van der Waals surface area contributed by atoms with Crippen LogP contribution in [0, 0.1) is 0 Å². The second-order valence-electron chi connectivity index (χ2n) is 6.70. The van der Waals surface area contributed by atoms with Gasteiger partial charge in [-0.1, -0.05) is 106 Å². The number of nitrogens with zero attached hydrogens (tertiary/aromatic N) is 3. The first-order valence-electron chi connectivity index (χ1n) is 10.2. The number of anilines is 1. The van der Waals surface area contributed by atoms with Gasteiger partial charge in [0.1, 0.15) is 0 Å². The Morgan fingerprint density at radius 2 is 1.33 bits per heavy atom. The zero-order chi connectivity index (χ0) is 19.0. The number of unbranched alkanes of at least 4 members (excludes halogenated alkanes) is 7. The summed E-state index contributed by atoms with van der Waals surface area (Å²) in [4.78, 5) is 4.61. The van der Waals surface area contributed by atoms with Gasteiger partial charge >= 0.3 is 0 Å². The van der Waals surface area contributed by atoms with Crippen LogP contribution in [0.4, 0.5) is 5.95 Å². The third kappa shape index (κ3) is 9.13. The fourth-order valence-electron chi connectivity index (χ4n) is 2.84. The molecule has 0 bridgehead atoms. The van der Waals surface area contributed by atoms with E-state index in [-0.39, 0.29) is 0 Å². The van der Waals surface area contributed by atoms with Crippen molar-refractivity contribution >= 4 is 5.95 Å². The zero-order valence-corrected chi connectivity index (χ0v) is 16.5. The van der Waals surface area contributed by atoms with Gasteiger partial charge in [-0.15, -0.1) is 5.10 Å². The number of hydrogen-bond acceptors (Lipinski definition) is 4. The molecule has 0 spiro atoms. The molecule has 2 aromatic rings. The minimum atomic E-state index is 0.598. The van der Waals surface area contributed by atoms with Crippen molar-refractivity contribution in [3.05, 3.63) is 60.8 Å². The topological polar surface area (TPSA) is 50.7 Å². The van der Waals surface area contributed by atoms with Gasteiger partial charge in [-0.2, -0.15) is 5.10 Å².